The van der Waals surface area contributed by atoms with Crippen LogP contribution in [-0.2, 0) is 68.9 Å². The molecule has 10 aromatic carbocycles. The topological polar surface area (TPSA) is 309 Å². The van der Waals surface area contributed by atoms with Crippen molar-refractivity contribution in [3.8, 4) is 0 Å². The van der Waals surface area contributed by atoms with Crippen molar-refractivity contribution in [2.24, 2.45) is 28.7 Å². The molecule has 0 unspecified atom stereocenters. The highest BCUT2D eigenvalue weighted by Gasteiger charge is 2.45. The number of hydrogen-bond donors (Lipinski definition) is 5. The molecule has 3 aromatic heterocycles. The van der Waals surface area contributed by atoms with Gasteiger partial charge in [-0.25, -0.2) is 0 Å². The second kappa shape index (κ2) is 55.7. The van der Waals surface area contributed by atoms with E-state index in [0.717, 1.165) is 198 Å². The number of amides is 5. The third-order valence-electron chi connectivity index (χ3n) is 32.0. The smallest absolute Gasteiger partial charge is 0.274 e. The monoisotopic (exact) mass is 2100 g/mol. The molecule has 13 aromatic rings. The first-order valence-electron chi connectivity index (χ1n) is 52.7. The predicted octanol–water partition coefficient (Wildman–Crippen LogP) is 23.1. The zero-order valence-electron chi connectivity index (χ0n) is 85.8. The van der Waals surface area contributed by atoms with Crippen molar-refractivity contribution in [1.82, 2.24) is 55.1 Å². The molecule has 26 heteroatoms. The molecule has 0 aliphatic heterocycles. The van der Waals surface area contributed by atoms with Gasteiger partial charge in [0, 0.05) is 180 Å². The molecule has 149 heavy (non-hydrogen) atoms. The maximum absolute atomic E-state index is 13.4. The van der Waals surface area contributed by atoms with E-state index in [1.165, 1.54) is 50.1 Å². The summed E-state index contributed by atoms with van der Waals surface area (Å²) >= 11 is 31.2. The molecule has 10 N–H and O–H groups in total. The maximum Gasteiger partial charge on any atom is 0.274 e. The van der Waals surface area contributed by atoms with Gasteiger partial charge < -0.3 is 53.2 Å². The molecule has 5 amide bonds. The van der Waals surface area contributed by atoms with Crippen LogP contribution in [0, 0.1) is 0 Å². The van der Waals surface area contributed by atoms with Gasteiger partial charge in [-0.3, -0.25) is 24.0 Å². The summed E-state index contributed by atoms with van der Waals surface area (Å²) < 4.78 is 0. The molecule has 780 valence electrons. The summed E-state index contributed by atoms with van der Waals surface area (Å²) in [5.74, 6) is 0.145. The Labute approximate surface area is 905 Å². The van der Waals surface area contributed by atoms with E-state index in [2.05, 4.69) is 156 Å². The standard InChI is InChI=1S/2C26H29ClN4O.C25H27ClN4O.2C23H29ClN2O/c2*27-22-9-4-8-21(18-22)26(19-28)14-11-23(12-15-26)31(17-13-20-6-2-1-3-7-20)25(32)24-10-5-16-29-30-24;26-21-9-4-8-20(16-21)25(18-27)13-11-22(12-14-25)30(17-19-6-2-1-3-7-19)24(31)23-10-5-15-28-29-23;2*1-18(27)26(15-12-19-6-3-2-4-7-19)22-10-13-23(17-25,14-11-22)20-8-5-9-21(24)16-20/h2*1-10,16,18,23H,11-15,17,19,28H2;1-10,15-16,22H,11-14,17-18,27H2;2*2-9,16,22H,10-15,17,25H2,1H3. The molecule has 0 saturated heterocycles. The van der Waals surface area contributed by atoms with Gasteiger partial charge in [0.15, 0.2) is 17.1 Å². The van der Waals surface area contributed by atoms with Crippen molar-refractivity contribution >= 4 is 87.5 Å². The number of nitrogens with two attached hydrogens (primary N) is 5. The van der Waals surface area contributed by atoms with Gasteiger partial charge in [-0.2, -0.15) is 15.3 Å². The van der Waals surface area contributed by atoms with Crippen molar-refractivity contribution in [1.29, 1.82) is 0 Å². The Morgan fingerprint density at radius 1 is 0.255 bits per heavy atom. The van der Waals surface area contributed by atoms with Gasteiger partial charge in [-0.1, -0.05) is 270 Å². The Hall–Kier alpha value is -12.0. The minimum atomic E-state index is -0.102. The first-order chi connectivity index (χ1) is 72.4. The zero-order valence-corrected chi connectivity index (χ0v) is 89.6. The molecule has 0 atom stereocenters. The van der Waals surface area contributed by atoms with Gasteiger partial charge >= 0.3 is 0 Å². The lowest BCUT2D eigenvalue weighted by Gasteiger charge is -2.43. The number of carbonyl (C=O) groups is 5. The number of benzene rings is 10. The van der Waals surface area contributed by atoms with Gasteiger partial charge in [-0.15, -0.1) is 15.3 Å². The fourth-order valence-electron chi connectivity index (χ4n) is 23.0. The first-order valence-corrected chi connectivity index (χ1v) is 54.6. The van der Waals surface area contributed by atoms with E-state index in [0.29, 0.717) is 81.5 Å². The van der Waals surface area contributed by atoms with Crippen LogP contribution in [0.25, 0.3) is 0 Å². The zero-order chi connectivity index (χ0) is 105. The first kappa shape index (κ1) is 113. The Balaban J connectivity index is 0.000000147. The average molecular weight is 2100 g/mol. The van der Waals surface area contributed by atoms with Crippen LogP contribution >= 0.6 is 58.0 Å². The van der Waals surface area contributed by atoms with E-state index in [-0.39, 0.29) is 74.7 Å². The minimum absolute atomic E-state index is 0.0245. The Morgan fingerprint density at radius 2 is 0.456 bits per heavy atom. The van der Waals surface area contributed by atoms with Gasteiger partial charge in [0.25, 0.3) is 17.7 Å². The number of hydrogen-bond acceptors (Lipinski definition) is 16. The van der Waals surface area contributed by atoms with Crippen LogP contribution in [0.1, 0.15) is 229 Å². The molecule has 5 aliphatic carbocycles. The van der Waals surface area contributed by atoms with E-state index in [4.69, 9.17) is 86.7 Å². The quantitative estimate of drug-likeness (QED) is 0.0262. The van der Waals surface area contributed by atoms with Gasteiger partial charge in [0.05, 0.1) is 0 Å². The fourth-order valence-corrected chi connectivity index (χ4v) is 23.9. The molecule has 21 nitrogen and oxygen atoms in total. The van der Waals surface area contributed by atoms with Crippen molar-refractivity contribution < 1.29 is 24.0 Å². The van der Waals surface area contributed by atoms with Gasteiger partial charge in [0.2, 0.25) is 11.8 Å². The molecular formula is C123H143Cl5N16O5. The van der Waals surface area contributed by atoms with E-state index >= 15 is 0 Å². The van der Waals surface area contributed by atoms with Crippen LogP contribution in [-0.4, -0.2) is 174 Å². The molecule has 5 saturated carbocycles. The summed E-state index contributed by atoms with van der Waals surface area (Å²) in [6.07, 6.45) is 26.9. The van der Waals surface area contributed by atoms with Crippen molar-refractivity contribution in [3.05, 3.63) is 426 Å². The van der Waals surface area contributed by atoms with Crippen molar-refractivity contribution in [2.75, 3.05) is 58.9 Å². The van der Waals surface area contributed by atoms with Crippen LogP contribution < -0.4 is 28.7 Å². The number of carbonyl (C=O) groups excluding carboxylic acids is 5. The van der Waals surface area contributed by atoms with E-state index in [9.17, 15) is 24.0 Å². The normalized spacial score (nSPS) is 21.3. The van der Waals surface area contributed by atoms with Crippen LogP contribution in [0.15, 0.2) is 328 Å². The SMILES string of the molecule is CC(=O)N(CCc1ccccc1)C1CCC(CN)(c2cccc(Cl)c2)CC1.CC(=O)N(CCc1ccccc1)C1CCC(CN)(c2cccc(Cl)c2)CC1.NCC1(c2cccc(Cl)c2)CCC(N(CCc2ccccc2)C(=O)c2cccnn2)CC1.NCC1(c2cccc(Cl)c2)CCC(N(CCc2ccccc2)C(=O)c2cccnn2)CC1.NCC1(c2cccc(Cl)c2)CCC(N(Cc2ccccc2)C(=O)c2cccnn2)CC1. The molecular weight excluding hydrogens is 1960 g/mol. The van der Waals surface area contributed by atoms with Crippen LogP contribution in [0.5, 0.6) is 0 Å². The van der Waals surface area contributed by atoms with Gasteiger partial charge in [0.1, 0.15) is 0 Å². The molecule has 3 heterocycles. The summed E-state index contributed by atoms with van der Waals surface area (Å²) in [7, 11) is 0. The Kier molecular flexibility index (Phi) is 42.1. The lowest BCUT2D eigenvalue weighted by molar-refractivity contribution is -0.132. The number of halogens is 5. The lowest BCUT2D eigenvalue weighted by Crippen LogP contribution is -2.48. The van der Waals surface area contributed by atoms with Gasteiger partial charge in [-0.05, 0) is 307 Å². The third-order valence-corrected chi connectivity index (χ3v) is 33.2. The molecule has 0 radical (unpaired) electrons. The second-order valence-corrected chi connectivity index (χ2v) is 42.9. The van der Waals surface area contributed by atoms with Crippen molar-refractivity contribution in [2.45, 2.75) is 232 Å². The van der Waals surface area contributed by atoms with E-state index in [1.54, 1.807) is 68.8 Å². The molecule has 18 rings (SSSR count). The highest BCUT2D eigenvalue weighted by Crippen LogP contribution is 2.48. The largest absolute Gasteiger partial charge is 0.340 e. The summed E-state index contributed by atoms with van der Waals surface area (Å²) in [6, 6.07) is 103. The highest BCUT2D eigenvalue weighted by atomic mass is 35.5. The van der Waals surface area contributed by atoms with Crippen LogP contribution in [0.4, 0.5) is 0 Å². The molecule has 5 aliphatic rings. The summed E-state index contributed by atoms with van der Waals surface area (Å²) in [5, 5.41) is 27.7. The fraction of sp³-hybridized carbons (Fsp3) is 0.374. The number of aromatic nitrogens is 6. The summed E-state index contributed by atoms with van der Waals surface area (Å²) in [5.41, 5.74) is 44.2. The van der Waals surface area contributed by atoms with Crippen LogP contribution in [0.3, 0.4) is 0 Å². The predicted molar refractivity (Wildman–Crippen MR) is 602 cm³/mol. The highest BCUT2D eigenvalue weighted by molar-refractivity contribution is 6.32. The van der Waals surface area contributed by atoms with E-state index in [1.807, 2.05) is 172 Å². The Bertz CT molecular complexity index is 6020. The van der Waals surface area contributed by atoms with Crippen LogP contribution in [0.2, 0.25) is 25.1 Å². The summed E-state index contributed by atoms with van der Waals surface area (Å²) in [6.45, 7) is 9.71. The summed E-state index contributed by atoms with van der Waals surface area (Å²) in [4.78, 5) is 74.8. The molecule has 0 bridgehead atoms. The lowest BCUT2D eigenvalue weighted by atomic mass is 9.68. The minimum Gasteiger partial charge on any atom is -0.340 e. The third kappa shape index (κ3) is 30.5. The second-order valence-electron chi connectivity index (χ2n) is 40.7. The average Bonchev–Trinajstić information content (AvgIpc) is 0.801. The van der Waals surface area contributed by atoms with Crippen molar-refractivity contribution in [3.63, 3.8) is 0 Å². The molecule has 0 spiro atoms. The van der Waals surface area contributed by atoms with E-state index < -0.39 is 0 Å². The maximum atomic E-state index is 13.4. The number of nitrogens with zero attached hydrogens (tertiary/aromatic N) is 11. The number of rotatable bonds is 32. The Morgan fingerprint density at radius 3 is 0.658 bits per heavy atom. The molecule has 5 fully saturated rings.